The fourth-order valence-electron chi connectivity index (χ4n) is 3.90. The topological polar surface area (TPSA) is 64.6 Å². The molecule has 5 nitrogen and oxygen atoms in total. The molecule has 1 N–H and O–H groups in total. The van der Waals surface area contributed by atoms with Crippen LogP contribution in [-0.2, 0) is 35.0 Å². The van der Waals surface area contributed by atoms with Crippen LogP contribution in [0.4, 0.5) is 17.6 Å². The summed E-state index contributed by atoms with van der Waals surface area (Å²) in [6.45, 7) is 4.31. The lowest BCUT2D eigenvalue weighted by atomic mass is 10.0. The molecule has 0 aliphatic rings. The minimum absolute atomic E-state index is 0.151. The van der Waals surface area contributed by atoms with Gasteiger partial charge in [-0.05, 0) is 85.3 Å². The van der Waals surface area contributed by atoms with Crippen LogP contribution in [0.15, 0.2) is 60.7 Å². The van der Waals surface area contributed by atoms with Crippen LogP contribution in [0.3, 0.4) is 0 Å². The van der Waals surface area contributed by atoms with Gasteiger partial charge in [-0.1, -0.05) is 25.1 Å². The van der Waals surface area contributed by atoms with Crippen molar-refractivity contribution >= 4 is 11.9 Å². The molecule has 1 amide bonds. The molecule has 0 bridgehead atoms. The number of carbonyl (C=O) groups is 2. The summed E-state index contributed by atoms with van der Waals surface area (Å²) in [6, 6.07) is 14.8. The van der Waals surface area contributed by atoms with Crippen molar-refractivity contribution in [3.63, 3.8) is 0 Å². The highest BCUT2D eigenvalue weighted by Crippen LogP contribution is 2.30. The van der Waals surface area contributed by atoms with Gasteiger partial charge in [0.2, 0.25) is 0 Å². The van der Waals surface area contributed by atoms with Crippen molar-refractivity contribution < 1.29 is 36.6 Å². The molecule has 0 fully saturated rings. The lowest BCUT2D eigenvalue weighted by Gasteiger charge is -2.13. The molecule has 38 heavy (non-hydrogen) atoms. The first-order valence-corrected chi connectivity index (χ1v) is 12.3. The monoisotopic (exact) mass is 531 g/mol. The van der Waals surface area contributed by atoms with E-state index in [1.807, 2.05) is 37.3 Å². The predicted octanol–water partition coefficient (Wildman–Crippen LogP) is 6.67. The minimum atomic E-state index is -4.69. The van der Waals surface area contributed by atoms with Gasteiger partial charge in [0.15, 0.2) is 0 Å². The van der Waals surface area contributed by atoms with Gasteiger partial charge in [-0.2, -0.15) is 13.2 Å². The SMILES string of the molecule is CCOC(=O)CCc1ccc(Oc2cccc(CCNC(=O)c3ccc(C(F)(F)F)cc3F)c2)cc1CC. The second-order valence-electron chi connectivity index (χ2n) is 8.54. The third-order valence-corrected chi connectivity index (χ3v) is 5.84. The molecule has 0 spiro atoms. The molecule has 9 heteroatoms. The van der Waals surface area contributed by atoms with E-state index in [4.69, 9.17) is 9.47 Å². The number of hydrogen-bond donors (Lipinski definition) is 1. The van der Waals surface area contributed by atoms with Gasteiger partial charge in [-0.3, -0.25) is 9.59 Å². The second-order valence-corrected chi connectivity index (χ2v) is 8.54. The summed E-state index contributed by atoms with van der Waals surface area (Å²) in [6.07, 6.45) is -2.62. The number of rotatable bonds is 11. The molecule has 0 aromatic heterocycles. The van der Waals surface area contributed by atoms with Crippen LogP contribution in [0.25, 0.3) is 0 Å². The Labute approximate surface area is 218 Å². The van der Waals surface area contributed by atoms with E-state index in [-0.39, 0.29) is 12.5 Å². The van der Waals surface area contributed by atoms with Crippen LogP contribution in [0.2, 0.25) is 0 Å². The van der Waals surface area contributed by atoms with E-state index in [0.717, 1.165) is 29.2 Å². The maximum absolute atomic E-state index is 14.0. The Morgan fingerprint density at radius 2 is 1.66 bits per heavy atom. The lowest BCUT2D eigenvalue weighted by Crippen LogP contribution is -2.26. The molecule has 0 atom stereocenters. The number of nitrogens with one attached hydrogen (secondary N) is 1. The lowest BCUT2D eigenvalue weighted by molar-refractivity contribution is -0.143. The normalized spacial score (nSPS) is 11.2. The van der Waals surface area contributed by atoms with E-state index in [2.05, 4.69) is 5.32 Å². The molecule has 3 rings (SSSR count). The van der Waals surface area contributed by atoms with E-state index in [0.29, 0.717) is 49.5 Å². The zero-order valence-corrected chi connectivity index (χ0v) is 21.2. The summed E-state index contributed by atoms with van der Waals surface area (Å²) < 4.78 is 63.2. The quantitative estimate of drug-likeness (QED) is 0.222. The highest BCUT2D eigenvalue weighted by molar-refractivity contribution is 5.94. The van der Waals surface area contributed by atoms with Crippen molar-refractivity contribution in [3.8, 4) is 11.5 Å². The van der Waals surface area contributed by atoms with E-state index < -0.39 is 29.0 Å². The van der Waals surface area contributed by atoms with Crippen LogP contribution in [0.5, 0.6) is 11.5 Å². The zero-order valence-electron chi connectivity index (χ0n) is 21.2. The van der Waals surface area contributed by atoms with E-state index in [9.17, 15) is 27.2 Å². The van der Waals surface area contributed by atoms with Gasteiger partial charge in [0.25, 0.3) is 5.91 Å². The molecule has 0 aliphatic carbocycles. The zero-order chi connectivity index (χ0) is 27.7. The fraction of sp³-hybridized carbons (Fsp3) is 0.310. The number of amides is 1. The first kappa shape index (κ1) is 28.7. The Bertz CT molecular complexity index is 1270. The summed E-state index contributed by atoms with van der Waals surface area (Å²) in [5, 5.41) is 2.53. The first-order valence-electron chi connectivity index (χ1n) is 12.3. The number of ether oxygens (including phenoxy) is 2. The Morgan fingerprint density at radius 3 is 2.34 bits per heavy atom. The molecule has 0 aliphatic heterocycles. The van der Waals surface area contributed by atoms with Crippen LogP contribution in [-0.4, -0.2) is 25.0 Å². The molecule has 0 heterocycles. The van der Waals surface area contributed by atoms with Crippen LogP contribution in [0.1, 0.15) is 52.9 Å². The standard InChI is InChI=1S/C29H29F4NO4/c1-3-20-17-24(11-8-21(20)9-13-27(35)37-4-2)38-23-7-5-6-19(16-23)14-15-34-28(36)25-12-10-22(18-26(25)30)29(31,32)33/h5-8,10-12,16-18H,3-4,9,13-15H2,1-2H3,(H,34,36). The molecule has 0 unspecified atom stereocenters. The molecular weight excluding hydrogens is 502 g/mol. The maximum atomic E-state index is 14.0. The van der Waals surface area contributed by atoms with Gasteiger partial charge in [0.1, 0.15) is 17.3 Å². The third-order valence-electron chi connectivity index (χ3n) is 5.84. The van der Waals surface area contributed by atoms with Gasteiger partial charge in [0.05, 0.1) is 17.7 Å². The van der Waals surface area contributed by atoms with Gasteiger partial charge in [0, 0.05) is 13.0 Å². The van der Waals surface area contributed by atoms with Crippen LogP contribution >= 0.6 is 0 Å². The maximum Gasteiger partial charge on any atom is 0.416 e. The van der Waals surface area contributed by atoms with Crippen molar-refractivity contribution in [1.29, 1.82) is 0 Å². The molecule has 0 radical (unpaired) electrons. The number of aryl methyl sites for hydroxylation is 2. The Balaban J connectivity index is 1.57. The van der Waals surface area contributed by atoms with E-state index in [1.54, 1.807) is 19.1 Å². The van der Waals surface area contributed by atoms with Crippen LogP contribution < -0.4 is 10.1 Å². The van der Waals surface area contributed by atoms with Gasteiger partial charge in [-0.25, -0.2) is 4.39 Å². The number of hydrogen-bond acceptors (Lipinski definition) is 4. The first-order chi connectivity index (χ1) is 18.1. The van der Waals surface area contributed by atoms with Crippen molar-refractivity contribution in [1.82, 2.24) is 5.32 Å². The molecule has 202 valence electrons. The summed E-state index contributed by atoms with van der Waals surface area (Å²) in [7, 11) is 0. The van der Waals surface area contributed by atoms with E-state index in [1.165, 1.54) is 0 Å². The molecule has 3 aromatic rings. The number of alkyl halides is 3. The van der Waals surface area contributed by atoms with Crippen molar-refractivity contribution in [2.75, 3.05) is 13.2 Å². The summed E-state index contributed by atoms with van der Waals surface area (Å²) >= 11 is 0. The average molecular weight is 532 g/mol. The summed E-state index contributed by atoms with van der Waals surface area (Å²) in [5.41, 5.74) is 1.37. The molecule has 3 aromatic carbocycles. The summed E-state index contributed by atoms with van der Waals surface area (Å²) in [5.74, 6) is -1.02. The van der Waals surface area contributed by atoms with E-state index >= 15 is 0 Å². The van der Waals surface area contributed by atoms with Gasteiger partial charge < -0.3 is 14.8 Å². The fourth-order valence-corrected chi connectivity index (χ4v) is 3.90. The Morgan fingerprint density at radius 1 is 0.895 bits per heavy atom. The largest absolute Gasteiger partial charge is 0.466 e. The van der Waals surface area contributed by atoms with Gasteiger partial charge >= 0.3 is 12.1 Å². The third kappa shape index (κ3) is 8.06. The highest BCUT2D eigenvalue weighted by atomic mass is 19.4. The Kier molecular flexibility index (Phi) is 9.87. The molecular formula is C29H29F4NO4. The number of halogens is 4. The summed E-state index contributed by atoms with van der Waals surface area (Å²) in [4.78, 5) is 23.9. The second kappa shape index (κ2) is 13.1. The number of esters is 1. The molecule has 0 saturated heterocycles. The smallest absolute Gasteiger partial charge is 0.416 e. The van der Waals surface area contributed by atoms with Crippen molar-refractivity contribution in [2.45, 2.75) is 45.7 Å². The van der Waals surface area contributed by atoms with Crippen molar-refractivity contribution in [3.05, 3.63) is 94.3 Å². The van der Waals surface area contributed by atoms with Crippen molar-refractivity contribution in [2.24, 2.45) is 0 Å². The number of carbonyl (C=O) groups excluding carboxylic acids is 2. The molecule has 0 saturated carbocycles. The number of benzene rings is 3. The minimum Gasteiger partial charge on any atom is -0.466 e. The van der Waals surface area contributed by atoms with Crippen LogP contribution in [0, 0.1) is 5.82 Å². The average Bonchev–Trinajstić information content (AvgIpc) is 2.87. The Hall–Kier alpha value is -3.88. The predicted molar refractivity (Wildman–Crippen MR) is 135 cm³/mol. The highest BCUT2D eigenvalue weighted by Gasteiger charge is 2.31. The van der Waals surface area contributed by atoms with Gasteiger partial charge in [-0.15, -0.1) is 0 Å².